The Balaban J connectivity index is 1.94. The van der Waals surface area contributed by atoms with Crippen LogP contribution in [0.5, 0.6) is 5.75 Å². The summed E-state index contributed by atoms with van der Waals surface area (Å²) in [7, 11) is -4.80. The van der Waals surface area contributed by atoms with Gasteiger partial charge in [0, 0.05) is 12.2 Å². The summed E-state index contributed by atoms with van der Waals surface area (Å²) in [5, 5.41) is 24.0. The fraction of sp³-hybridized carbons (Fsp3) is 0.500. The molecular formula is C22H30N3O10P. The molecule has 0 aliphatic carbocycles. The zero-order chi connectivity index (χ0) is 29.3. The molecule has 1 aliphatic rings. The van der Waals surface area contributed by atoms with E-state index in [-0.39, 0.29) is 5.75 Å². The van der Waals surface area contributed by atoms with Crippen molar-refractivity contribution in [1.82, 2.24) is 14.6 Å². The maximum absolute atomic E-state index is 13.8. The van der Waals surface area contributed by atoms with Crippen molar-refractivity contribution >= 4 is 13.7 Å². The van der Waals surface area contributed by atoms with Crippen molar-refractivity contribution in [3.63, 3.8) is 0 Å². The number of carbonyl (C=O) groups excluding carboxylic acids is 1. The van der Waals surface area contributed by atoms with Gasteiger partial charge in [0.2, 0.25) is 0 Å². The van der Waals surface area contributed by atoms with E-state index in [4.69, 9.17) is 22.6 Å². The number of rotatable bonds is 10. The molecule has 36 heavy (non-hydrogen) atoms. The molecule has 0 saturated carbocycles. The lowest BCUT2D eigenvalue weighted by atomic mass is 9.96. The van der Waals surface area contributed by atoms with E-state index in [1.807, 2.05) is 4.98 Å². The number of H-pyrrole nitrogens is 1. The quantitative estimate of drug-likeness (QED) is 0.251. The van der Waals surface area contributed by atoms with Gasteiger partial charge < -0.3 is 24.2 Å². The number of hydrogen-bond acceptors (Lipinski definition) is 10. The molecule has 0 spiro atoms. The molecular weight excluding hydrogens is 497 g/mol. The third kappa shape index (κ3) is 6.49. The molecule has 4 N–H and O–H groups in total. The lowest BCUT2D eigenvalue weighted by Crippen LogP contribution is -2.47. The minimum absolute atomic E-state index is 0.0194. The molecule has 2 heterocycles. The minimum Gasteiger partial charge on any atom is -0.462 e. The van der Waals surface area contributed by atoms with Crippen LogP contribution in [0.25, 0.3) is 0 Å². The van der Waals surface area contributed by atoms with E-state index in [9.17, 15) is 29.2 Å². The van der Waals surface area contributed by atoms with Gasteiger partial charge in [-0.05, 0) is 39.8 Å². The van der Waals surface area contributed by atoms with Gasteiger partial charge in [0.1, 0.15) is 29.6 Å². The number of aromatic amines is 1. The third-order valence-corrected chi connectivity index (χ3v) is 6.52. The number of carbonyl (C=O) groups is 1. The second kappa shape index (κ2) is 11.1. The average Bonchev–Trinajstić information content (AvgIpc) is 3.05. The van der Waals surface area contributed by atoms with Crippen LogP contribution in [-0.2, 0) is 23.4 Å². The first-order chi connectivity index (χ1) is 18.0. The topological polar surface area (TPSA) is 178 Å². The maximum atomic E-state index is 13.8. The lowest BCUT2D eigenvalue weighted by molar-refractivity contribution is -0.149. The minimum atomic E-state index is -4.80. The second-order valence-electron chi connectivity index (χ2n) is 8.47. The summed E-state index contributed by atoms with van der Waals surface area (Å²) in [6.45, 7) is 2.32. The number of nitrogens with zero attached hydrogens (tertiary/aromatic N) is 1. The Bertz CT molecular complexity index is 1350. The number of aromatic nitrogens is 2. The predicted octanol–water partition coefficient (Wildman–Crippen LogP) is 0.679. The van der Waals surface area contributed by atoms with E-state index in [0.29, 0.717) is 4.57 Å². The van der Waals surface area contributed by atoms with Crippen molar-refractivity contribution in [2.45, 2.75) is 63.9 Å². The predicted molar refractivity (Wildman–Crippen MR) is 126 cm³/mol. The molecule has 2 unspecified atom stereocenters. The van der Waals surface area contributed by atoms with Crippen LogP contribution in [0.4, 0.5) is 0 Å². The number of aliphatic hydroxyl groups excluding tert-OH is 1. The second-order valence-corrected chi connectivity index (χ2v) is 10.1. The monoisotopic (exact) mass is 530 g/mol. The smallest absolute Gasteiger partial charge is 0.459 e. The van der Waals surface area contributed by atoms with Gasteiger partial charge in [-0.1, -0.05) is 18.2 Å². The van der Waals surface area contributed by atoms with Crippen LogP contribution >= 0.6 is 7.75 Å². The molecule has 1 aliphatic heterocycles. The van der Waals surface area contributed by atoms with Gasteiger partial charge in [-0.25, -0.2) is 9.36 Å². The van der Waals surface area contributed by atoms with Crippen LogP contribution in [0.15, 0.2) is 52.2 Å². The molecule has 0 bridgehead atoms. The molecule has 13 nitrogen and oxygen atoms in total. The Morgan fingerprint density at radius 1 is 1.36 bits per heavy atom. The molecule has 2 aromatic rings. The van der Waals surface area contributed by atoms with Crippen molar-refractivity contribution in [2.24, 2.45) is 0 Å². The Morgan fingerprint density at radius 3 is 2.67 bits per heavy atom. The van der Waals surface area contributed by atoms with Crippen LogP contribution in [-0.4, -0.2) is 62.2 Å². The first-order valence-corrected chi connectivity index (χ1v) is 12.4. The van der Waals surface area contributed by atoms with Gasteiger partial charge >= 0.3 is 19.4 Å². The SMILES string of the molecule is [2H]c1cn(C2OC(C([2H])([2H])O[P@@](=O)(N[C@@H](C)C(=O)OC(C)C)Oc3ccccc3)[C@@H](O)[C@@]2(C)O)c(=O)[nH]c1=O. The van der Waals surface area contributed by atoms with Crippen molar-refractivity contribution in [2.75, 3.05) is 6.56 Å². The summed E-state index contributed by atoms with van der Waals surface area (Å²) in [6.07, 6.45) is -5.73. The summed E-state index contributed by atoms with van der Waals surface area (Å²) >= 11 is 0. The largest absolute Gasteiger partial charge is 0.462 e. The number of ether oxygens (including phenoxy) is 2. The molecule has 14 heteroatoms. The zero-order valence-electron chi connectivity index (χ0n) is 22.9. The maximum Gasteiger partial charge on any atom is 0.459 e. The normalized spacial score (nSPS) is 28.0. The molecule has 0 radical (unpaired) electrons. The van der Waals surface area contributed by atoms with Gasteiger partial charge in [0.15, 0.2) is 6.23 Å². The van der Waals surface area contributed by atoms with Crippen LogP contribution < -0.4 is 20.9 Å². The van der Waals surface area contributed by atoms with Crippen molar-refractivity contribution < 1.29 is 42.2 Å². The third-order valence-electron chi connectivity index (χ3n) is 5.02. The molecule has 1 fully saturated rings. The standard InChI is InChI=1S/C22H30N3O10P/c1-13(2)33-19(28)14(3)24-36(31,35-15-8-6-5-7-9-15)32-12-16-18(27)22(4,30)20(34-16)25-11-10-17(26)23-21(25)29/h5-11,13-14,16,18,20,27,30H,12H2,1-4H3,(H,24,31)(H,23,26,29)/t14-,16?,18+,20?,22+,36-/m0/s1/i10D,12D2. The lowest BCUT2D eigenvalue weighted by Gasteiger charge is -2.27. The van der Waals surface area contributed by atoms with Gasteiger partial charge in [-0.3, -0.25) is 23.7 Å². The van der Waals surface area contributed by atoms with Crippen LogP contribution in [0.2, 0.25) is 0 Å². The summed E-state index contributed by atoms with van der Waals surface area (Å²) in [5.41, 5.74) is -4.48. The van der Waals surface area contributed by atoms with E-state index in [2.05, 4.69) is 5.09 Å². The zero-order valence-corrected chi connectivity index (χ0v) is 20.8. The van der Waals surface area contributed by atoms with E-state index in [1.54, 1.807) is 32.0 Å². The highest BCUT2D eigenvalue weighted by molar-refractivity contribution is 7.52. The van der Waals surface area contributed by atoms with Gasteiger partial charge in [0.25, 0.3) is 5.56 Å². The summed E-state index contributed by atoms with van der Waals surface area (Å²) < 4.78 is 60.2. The Morgan fingerprint density at radius 2 is 2.03 bits per heavy atom. The van der Waals surface area contributed by atoms with Crippen LogP contribution in [0.3, 0.4) is 0 Å². The average molecular weight is 530 g/mol. The number of nitrogens with one attached hydrogen (secondary N) is 2. The number of hydrogen-bond donors (Lipinski definition) is 4. The summed E-state index contributed by atoms with van der Waals surface area (Å²) in [4.78, 5) is 38.1. The fourth-order valence-electron chi connectivity index (χ4n) is 3.24. The summed E-state index contributed by atoms with van der Waals surface area (Å²) in [6, 6.07) is 5.54. The number of esters is 1. The number of para-hydroxylation sites is 1. The Kier molecular flexibility index (Phi) is 7.26. The van der Waals surface area contributed by atoms with E-state index >= 15 is 0 Å². The first-order valence-electron chi connectivity index (χ1n) is 12.4. The van der Waals surface area contributed by atoms with Gasteiger partial charge in [-0.15, -0.1) is 0 Å². The van der Waals surface area contributed by atoms with Crippen molar-refractivity contribution in [3.05, 3.63) is 63.4 Å². The van der Waals surface area contributed by atoms with Crippen molar-refractivity contribution in [1.29, 1.82) is 0 Å². The molecule has 0 amide bonds. The van der Waals surface area contributed by atoms with Crippen LogP contribution in [0, 0.1) is 0 Å². The molecule has 198 valence electrons. The fourth-order valence-corrected chi connectivity index (χ4v) is 4.60. The van der Waals surface area contributed by atoms with E-state index in [0.717, 1.165) is 13.1 Å². The summed E-state index contributed by atoms with van der Waals surface area (Å²) in [5.74, 6) is -0.857. The van der Waals surface area contributed by atoms with Gasteiger partial charge in [-0.2, -0.15) is 5.09 Å². The Labute approximate surface area is 210 Å². The molecule has 1 aromatic carbocycles. The van der Waals surface area contributed by atoms with E-state index < -0.39 is 73.7 Å². The number of aliphatic hydroxyl groups is 2. The van der Waals surface area contributed by atoms with Crippen LogP contribution in [0.1, 0.15) is 38.0 Å². The molecule has 3 rings (SSSR count). The highest BCUT2D eigenvalue weighted by atomic mass is 31.2. The van der Waals surface area contributed by atoms with Crippen molar-refractivity contribution in [3.8, 4) is 5.75 Å². The molecule has 6 atom stereocenters. The first kappa shape index (κ1) is 23.6. The molecule has 1 saturated heterocycles. The molecule has 1 aromatic heterocycles. The highest BCUT2D eigenvalue weighted by Gasteiger charge is 2.54. The number of benzene rings is 1. The highest BCUT2D eigenvalue weighted by Crippen LogP contribution is 2.46. The van der Waals surface area contributed by atoms with E-state index in [1.165, 1.54) is 19.1 Å². The van der Waals surface area contributed by atoms with Gasteiger partial charge in [0.05, 0.1) is 16.8 Å². The Hall–Kier alpha value is -2.80.